The molecule has 7 nitrogen and oxygen atoms in total. The Balaban J connectivity index is 1.59. The molecule has 2 heterocycles. The van der Waals surface area contributed by atoms with E-state index in [-0.39, 0.29) is 28.3 Å². The molecule has 0 saturated carbocycles. The number of hydrogen-bond acceptors (Lipinski definition) is 6. The van der Waals surface area contributed by atoms with Crippen molar-refractivity contribution in [2.75, 3.05) is 12.4 Å². The molecule has 0 atom stereocenters. The lowest BCUT2D eigenvalue weighted by Gasteiger charge is -2.16. The van der Waals surface area contributed by atoms with Gasteiger partial charge in [0.25, 0.3) is 0 Å². The highest BCUT2D eigenvalue weighted by atomic mass is 35.5. The molecule has 170 valence electrons. The molecule has 0 radical (unpaired) electrons. The van der Waals surface area contributed by atoms with Crippen molar-refractivity contribution >= 4 is 34.2 Å². The van der Waals surface area contributed by atoms with Gasteiger partial charge in [-0.25, -0.2) is 14.2 Å². The number of halogens is 2. The van der Waals surface area contributed by atoms with E-state index in [2.05, 4.69) is 15.4 Å². The number of pyridine rings is 1. The summed E-state index contributed by atoms with van der Waals surface area (Å²) < 4.78 is 27.0. The van der Waals surface area contributed by atoms with Crippen LogP contribution in [0, 0.1) is 5.82 Å². The van der Waals surface area contributed by atoms with Crippen LogP contribution in [0.25, 0.3) is 10.9 Å². The van der Waals surface area contributed by atoms with Crippen molar-refractivity contribution < 1.29 is 18.7 Å². The van der Waals surface area contributed by atoms with Gasteiger partial charge in [0, 0.05) is 29.8 Å². The molecule has 0 unspecified atom stereocenters. The van der Waals surface area contributed by atoms with Crippen LogP contribution in [0.2, 0.25) is 5.02 Å². The topological polar surface area (TPSA) is 78.3 Å². The minimum atomic E-state index is -0.671. The molecule has 4 rings (SSSR count). The van der Waals surface area contributed by atoms with E-state index in [0.717, 1.165) is 16.5 Å². The smallest absolute Gasteiger partial charge is 0.340 e. The van der Waals surface area contributed by atoms with Gasteiger partial charge in [0.05, 0.1) is 36.6 Å². The number of carbonyl (C=O) groups is 1. The highest BCUT2D eigenvalue weighted by molar-refractivity contribution is 6.31. The molecule has 0 aliphatic heterocycles. The molecule has 0 saturated heterocycles. The zero-order valence-electron chi connectivity index (χ0n) is 18.3. The van der Waals surface area contributed by atoms with Crippen molar-refractivity contribution in [3.63, 3.8) is 0 Å². The van der Waals surface area contributed by atoms with Crippen LogP contribution < -0.4 is 10.1 Å². The van der Waals surface area contributed by atoms with Crippen LogP contribution in [0.5, 0.6) is 11.6 Å². The number of aromatic nitrogens is 3. The molecule has 4 aromatic rings. The first-order valence-corrected chi connectivity index (χ1v) is 10.6. The first-order chi connectivity index (χ1) is 15.9. The molecule has 33 heavy (non-hydrogen) atoms. The van der Waals surface area contributed by atoms with E-state index in [0.29, 0.717) is 12.2 Å². The molecule has 1 N–H and O–H groups in total. The summed E-state index contributed by atoms with van der Waals surface area (Å²) in [5.74, 6) is -1.46. The van der Waals surface area contributed by atoms with Crippen LogP contribution in [0.1, 0.15) is 29.8 Å². The molecule has 2 aromatic carbocycles. The van der Waals surface area contributed by atoms with Crippen molar-refractivity contribution in [1.29, 1.82) is 0 Å². The largest absolute Gasteiger partial charge is 0.465 e. The second kappa shape index (κ2) is 9.46. The zero-order chi connectivity index (χ0) is 23.5. The van der Waals surface area contributed by atoms with E-state index in [1.807, 2.05) is 42.8 Å². The van der Waals surface area contributed by atoms with Gasteiger partial charge in [0.15, 0.2) is 11.6 Å². The normalized spacial score (nSPS) is 11.1. The fourth-order valence-corrected chi connectivity index (χ4v) is 3.62. The Morgan fingerprint density at radius 3 is 2.73 bits per heavy atom. The van der Waals surface area contributed by atoms with E-state index < -0.39 is 11.8 Å². The maximum Gasteiger partial charge on any atom is 0.340 e. The molecular weight excluding hydrogens is 447 g/mol. The van der Waals surface area contributed by atoms with E-state index in [4.69, 9.17) is 21.1 Å². The van der Waals surface area contributed by atoms with Gasteiger partial charge < -0.3 is 14.8 Å². The SMILES string of the molecule is COC(=O)c1cc(Oc2ncc(Cn3ncc4ccccc43)cc2Cl)c(F)cc1NC(C)C. The van der Waals surface area contributed by atoms with Crippen molar-refractivity contribution in [2.24, 2.45) is 0 Å². The maximum atomic E-state index is 14.7. The number of nitrogens with zero attached hydrogens (tertiary/aromatic N) is 3. The Morgan fingerprint density at radius 2 is 2.00 bits per heavy atom. The first-order valence-electron chi connectivity index (χ1n) is 10.3. The average Bonchev–Trinajstić information content (AvgIpc) is 3.19. The Kier molecular flexibility index (Phi) is 6.46. The van der Waals surface area contributed by atoms with E-state index >= 15 is 0 Å². The van der Waals surface area contributed by atoms with Gasteiger partial charge in [-0.2, -0.15) is 5.10 Å². The second-order valence-corrected chi connectivity index (χ2v) is 8.12. The van der Waals surface area contributed by atoms with E-state index in [9.17, 15) is 9.18 Å². The number of methoxy groups -OCH3 is 1. The quantitative estimate of drug-likeness (QED) is 0.352. The van der Waals surface area contributed by atoms with Gasteiger partial charge in [-0.1, -0.05) is 29.8 Å². The number of nitrogens with one attached hydrogen (secondary N) is 1. The van der Waals surface area contributed by atoms with Crippen molar-refractivity contribution in [3.8, 4) is 11.6 Å². The van der Waals surface area contributed by atoms with E-state index in [1.54, 1.807) is 18.5 Å². The number of anilines is 1. The van der Waals surface area contributed by atoms with Crippen LogP contribution in [0.4, 0.5) is 10.1 Å². The number of esters is 1. The number of rotatable bonds is 7. The minimum Gasteiger partial charge on any atom is -0.465 e. The molecule has 0 amide bonds. The molecule has 9 heteroatoms. The van der Waals surface area contributed by atoms with Crippen molar-refractivity contribution in [2.45, 2.75) is 26.4 Å². The molecule has 0 bridgehead atoms. The monoisotopic (exact) mass is 468 g/mol. The number of para-hydroxylation sites is 1. The molecule has 0 aliphatic carbocycles. The predicted octanol–water partition coefficient (Wildman–Crippen LogP) is 5.67. The molecule has 0 aliphatic rings. The number of fused-ring (bicyclic) bond motifs is 1. The molecule has 0 spiro atoms. The summed E-state index contributed by atoms with van der Waals surface area (Å²) >= 11 is 6.38. The highest BCUT2D eigenvalue weighted by Crippen LogP contribution is 2.33. The van der Waals surface area contributed by atoms with Crippen LogP contribution in [0.15, 0.2) is 54.9 Å². The lowest BCUT2D eigenvalue weighted by molar-refractivity contribution is 0.0601. The fourth-order valence-electron chi connectivity index (χ4n) is 3.40. The lowest BCUT2D eigenvalue weighted by atomic mass is 10.1. The van der Waals surface area contributed by atoms with E-state index in [1.165, 1.54) is 19.2 Å². The van der Waals surface area contributed by atoms with Gasteiger partial charge >= 0.3 is 5.97 Å². The minimum absolute atomic E-state index is 0.0184. The van der Waals surface area contributed by atoms with Crippen LogP contribution in [-0.2, 0) is 11.3 Å². The third-order valence-corrected chi connectivity index (χ3v) is 5.15. The van der Waals surface area contributed by atoms with Crippen molar-refractivity contribution in [1.82, 2.24) is 14.8 Å². The average molecular weight is 469 g/mol. The lowest BCUT2D eigenvalue weighted by Crippen LogP contribution is -2.15. The number of ether oxygens (including phenoxy) is 2. The van der Waals surface area contributed by atoms with Gasteiger partial charge in [-0.15, -0.1) is 0 Å². The molecule has 0 fully saturated rings. The summed E-state index contributed by atoms with van der Waals surface area (Å²) in [6.07, 6.45) is 3.38. The first kappa shape index (κ1) is 22.5. The Morgan fingerprint density at radius 1 is 1.21 bits per heavy atom. The highest BCUT2D eigenvalue weighted by Gasteiger charge is 2.19. The Labute approximate surface area is 195 Å². The van der Waals surface area contributed by atoms with Gasteiger partial charge in [0.1, 0.15) is 5.02 Å². The third kappa shape index (κ3) is 4.90. The van der Waals surface area contributed by atoms with Gasteiger partial charge in [-0.05, 0) is 31.5 Å². The predicted molar refractivity (Wildman–Crippen MR) is 125 cm³/mol. The Hall–Kier alpha value is -3.65. The Bertz CT molecular complexity index is 1320. The fraction of sp³-hybridized carbons (Fsp3) is 0.208. The summed E-state index contributed by atoms with van der Waals surface area (Å²) in [5, 5.41) is 8.66. The van der Waals surface area contributed by atoms with Gasteiger partial charge in [-0.3, -0.25) is 4.68 Å². The van der Waals surface area contributed by atoms with Crippen LogP contribution in [-0.4, -0.2) is 33.9 Å². The number of carbonyl (C=O) groups excluding carboxylic acids is 1. The molecular formula is C24H22ClFN4O3. The summed E-state index contributed by atoms with van der Waals surface area (Å²) in [7, 11) is 1.26. The van der Waals surface area contributed by atoms with Gasteiger partial charge in [0.2, 0.25) is 5.88 Å². The van der Waals surface area contributed by atoms with Crippen LogP contribution >= 0.6 is 11.6 Å². The zero-order valence-corrected chi connectivity index (χ0v) is 19.1. The standard InChI is InChI=1S/C24H22ClFN4O3/c1-14(2)29-20-10-19(26)22(9-17(20)24(31)32-3)33-23-18(25)8-15(11-27-23)13-30-21-7-5-4-6-16(21)12-28-30/h4-12,14,29H,13H2,1-3H3. The third-order valence-electron chi connectivity index (χ3n) is 4.88. The summed E-state index contributed by atoms with van der Waals surface area (Å²) in [4.78, 5) is 16.4. The summed E-state index contributed by atoms with van der Waals surface area (Å²) in [6.45, 7) is 4.21. The number of benzene rings is 2. The summed E-state index contributed by atoms with van der Waals surface area (Å²) in [6, 6.07) is 12.0. The number of hydrogen-bond donors (Lipinski definition) is 1. The second-order valence-electron chi connectivity index (χ2n) is 7.71. The maximum absolute atomic E-state index is 14.7. The summed E-state index contributed by atoms with van der Waals surface area (Å²) in [5.41, 5.74) is 2.23. The van der Waals surface area contributed by atoms with Crippen LogP contribution in [0.3, 0.4) is 0 Å². The van der Waals surface area contributed by atoms with Crippen molar-refractivity contribution in [3.05, 3.63) is 76.8 Å². The molecule has 2 aromatic heterocycles.